The van der Waals surface area contributed by atoms with E-state index in [1.54, 1.807) is 18.2 Å². The van der Waals surface area contributed by atoms with Gasteiger partial charge < -0.3 is 10.8 Å². The van der Waals surface area contributed by atoms with Crippen LogP contribution in [0.15, 0.2) is 18.2 Å². The van der Waals surface area contributed by atoms with Crippen LogP contribution < -0.4 is 5.73 Å². The predicted octanol–water partition coefficient (Wildman–Crippen LogP) is 4.06. The van der Waals surface area contributed by atoms with Crippen LogP contribution >= 0.6 is 11.6 Å². The Kier molecular flexibility index (Phi) is 4.70. The lowest BCUT2D eigenvalue weighted by molar-refractivity contribution is -0.140. The fourth-order valence-electron chi connectivity index (χ4n) is 3.06. The lowest BCUT2D eigenvalue weighted by atomic mass is 9.81. The monoisotopic (exact) mass is 281 g/mol. The number of nitrogens with two attached hydrogens (primary N) is 1. The minimum atomic E-state index is -0.791. The van der Waals surface area contributed by atoms with E-state index in [0.29, 0.717) is 16.3 Å². The third-order valence-electron chi connectivity index (χ3n) is 4.06. The molecule has 0 saturated heterocycles. The van der Waals surface area contributed by atoms with Crippen LogP contribution in [0.3, 0.4) is 0 Å². The first-order valence-corrected chi connectivity index (χ1v) is 7.25. The molecule has 0 aliphatic heterocycles. The Morgan fingerprint density at radius 1 is 1.26 bits per heavy atom. The SMILES string of the molecule is Nc1c(Cl)cccc1C(C(=O)O)C1CCCCCC1. The second kappa shape index (κ2) is 6.29. The molecule has 0 heterocycles. The normalized spacial score (nSPS) is 18.8. The van der Waals surface area contributed by atoms with Crippen molar-refractivity contribution in [2.24, 2.45) is 5.92 Å². The molecule has 1 aliphatic carbocycles. The van der Waals surface area contributed by atoms with Gasteiger partial charge in [-0.3, -0.25) is 4.79 Å². The molecule has 1 saturated carbocycles. The smallest absolute Gasteiger partial charge is 0.311 e. The Morgan fingerprint density at radius 3 is 2.47 bits per heavy atom. The highest BCUT2D eigenvalue weighted by Gasteiger charge is 2.31. The molecule has 1 fully saturated rings. The van der Waals surface area contributed by atoms with Crippen LogP contribution in [0.4, 0.5) is 5.69 Å². The average molecular weight is 282 g/mol. The maximum absolute atomic E-state index is 11.7. The van der Waals surface area contributed by atoms with Gasteiger partial charge in [0.15, 0.2) is 0 Å². The van der Waals surface area contributed by atoms with Crippen LogP contribution in [0.2, 0.25) is 5.02 Å². The molecule has 0 radical (unpaired) electrons. The molecule has 1 aromatic carbocycles. The van der Waals surface area contributed by atoms with E-state index in [1.165, 1.54) is 12.8 Å². The average Bonchev–Trinajstić information content (AvgIpc) is 2.63. The molecule has 19 heavy (non-hydrogen) atoms. The van der Waals surface area contributed by atoms with E-state index in [9.17, 15) is 9.90 Å². The fraction of sp³-hybridized carbons (Fsp3) is 0.533. The highest BCUT2D eigenvalue weighted by molar-refractivity contribution is 6.33. The van der Waals surface area contributed by atoms with E-state index >= 15 is 0 Å². The van der Waals surface area contributed by atoms with Gasteiger partial charge in [0.05, 0.1) is 16.6 Å². The van der Waals surface area contributed by atoms with Crippen LogP contribution in [-0.4, -0.2) is 11.1 Å². The number of halogens is 1. The standard InChI is InChI=1S/C15H20ClNO2/c16-12-9-5-8-11(14(12)17)13(15(18)19)10-6-3-1-2-4-7-10/h5,8-10,13H,1-4,6-7,17H2,(H,18,19). The van der Waals surface area contributed by atoms with Gasteiger partial charge in [-0.25, -0.2) is 0 Å². The molecule has 0 amide bonds. The second-order valence-corrected chi connectivity index (χ2v) is 5.72. The quantitative estimate of drug-likeness (QED) is 0.649. The minimum absolute atomic E-state index is 0.167. The highest BCUT2D eigenvalue weighted by atomic mass is 35.5. The van der Waals surface area contributed by atoms with Crippen molar-refractivity contribution in [2.75, 3.05) is 5.73 Å². The lowest BCUT2D eigenvalue weighted by Crippen LogP contribution is -2.22. The Hall–Kier alpha value is -1.22. The number of para-hydroxylation sites is 1. The number of aliphatic carboxylic acids is 1. The number of anilines is 1. The van der Waals surface area contributed by atoms with Crippen molar-refractivity contribution in [3.05, 3.63) is 28.8 Å². The maximum Gasteiger partial charge on any atom is 0.311 e. The Labute approximate surface area is 118 Å². The van der Waals surface area contributed by atoms with Gasteiger partial charge in [0.1, 0.15) is 0 Å². The van der Waals surface area contributed by atoms with E-state index in [4.69, 9.17) is 17.3 Å². The summed E-state index contributed by atoms with van der Waals surface area (Å²) in [6.45, 7) is 0. The molecule has 1 unspecified atom stereocenters. The summed E-state index contributed by atoms with van der Waals surface area (Å²) in [4.78, 5) is 11.7. The second-order valence-electron chi connectivity index (χ2n) is 5.31. The molecule has 1 atom stereocenters. The molecule has 3 N–H and O–H groups in total. The number of carboxylic acid groups (broad SMARTS) is 1. The van der Waals surface area contributed by atoms with Crippen molar-refractivity contribution >= 4 is 23.3 Å². The summed E-state index contributed by atoms with van der Waals surface area (Å²) in [5.41, 5.74) is 7.06. The zero-order valence-corrected chi connectivity index (χ0v) is 11.7. The number of nitrogen functional groups attached to an aromatic ring is 1. The van der Waals surface area contributed by atoms with Crippen molar-refractivity contribution < 1.29 is 9.90 Å². The third kappa shape index (κ3) is 3.21. The first kappa shape index (κ1) is 14.2. The largest absolute Gasteiger partial charge is 0.481 e. The molecule has 4 heteroatoms. The molecule has 1 aromatic rings. The summed E-state index contributed by atoms with van der Waals surface area (Å²) >= 11 is 6.02. The fourth-order valence-corrected chi connectivity index (χ4v) is 3.24. The number of hydrogen-bond acceptors (Lipinski definition) is 2. The van der Waals surface area contributed by atoms with Crippen molar-refractivity contribution in [1.82, 2.24) is 0 Å². The van der Waals surface area contributed by atoms with Crippen molar-refractivity contribution in [1.29, 1.82) is 0 Å². The third-order valence-corrected chi connectivity index (χ3v) is 4.39. The molecule has 0 spiro atoms. The van der Waals surface area contributed by atoms with Gasteiger partial charge >= 0.3 is 5.97 Å². The summed E-state index contributed by atoms with van der Waals surface area (Å²) in [6.07, 6.45) is 6.54. The van der Waals surface area contributed by atoms with Crippen molar-refractivity contribution in [3.8, 4) is 0 Å². The van der Waals surface area contributed by atoms with Crippen LogP contribution in [0.5, 0.6) is 0 Å². The van der Waals surface area contributed by atoms with Crippen molar-refractivity contribution in [2.45, 2.75) is 44.4 Å². The van der Waals surface area contributed by atoms with Crippen LogP contribution in [0.1, 0.15) is 50.0 Å². The van der Waals surface area contributed by atoms with E-state index in [1.807, 2.05) is 0 Å². The van der Waals surface area contributed by atoms with Gasteiger partial charge in [-0.15, -0.1) is 0 Å². The molecular formula is C15H20ClNO2. The van der Waals surface area contributed by atoms with Gasteiger partial charge in [-0.2, -0.15) is 0 Å². The Bertz CT molecular complexity index is 453. The minimum Gasteiger partial charge on any atom is -0.481 e. The number of carboxylic acids is 1. The maximum atomic E-state index is 11.7. The van der Waals surface area contributed by atoms with E-state index in [0.717, 1.165) is 25.7 Å². The molecule has 1 aliphatic rings. The van der Waals surface area contributed by atoms with E-state index in [2.05, 4.69) is 0 Å². The zero-order valence-electron chi connectivity index (χ0n) is 10.9. The van der Waals surface area contributed by atoms with Crippen LogP contribution in [0, 0.1) is 5.92 Å². The topological polar surface area (TPSA) is 63.3 Å². The number of hydrogen-bond donors (Lipinski definition) is 2. The van der Waals surface area contributed by atoms with Crippen LogP contribution in [0.25, 0.3) is 0 Å². The summed E-state index contributed by atoms with van der Waals surface area (Å²) in [6, 6.07) is 5.28. The highest BCUT2D eigenvalue weighted by Crippen LogP contribution is 2.39. The first-order valence-electron chi connectivity index (χ1n) is 6.88. The molecule has 3 nitrogen and oxygen atoms in total. The number of rotatable bonds is 3. The number of benzene rings is 1. The molecule has 0 bridgehead atoms. The summed E-state index contributed by atoms with van der Waals surface area (Å²) in [5.74, 6) is -1.15. The van der Waals surface area contributed by atoms with Gasteiger partial charge in [-0.1, -0.05) is 49.4 Å². The number of carbonyl (C=O) groups is 1. The van der Waals surface area contributed by atoms with Crippen molar-refractivity contribution in [3.63, 3.8) is 0 Å². The molecule has 2 rings (SSSR count). The predicted molar refractivity (Wildman–Crippen MR) is 77.4 cm³/mol. The molecular weight excluding hydrogens is 262 g/mol. The summed E-state index contributed by atoms with van der Waals surface area (Å²) in [5, 5.41) is 10.0. The van der Waals surface area contributed by atoms with Crippen LogP contribution in [-0.2, 0) is 4.79 Å². The first-order chi connectivity index (χ1) is 9.11. The van der Waals surface area contributed by atoms with Gasteiger partial charge in [0, 0.05) is 0 Å². The van der Waals surface area contributed by atoms with Gasteiger partial charge in [0.2, 0.25) is 0 Å². The Morgan fingerprint density at radius 2 is 1.89 bits per heavy atom. The Balaban J connectivity index is 2.33. The lowest BCUT2D eigenvalue weighted by Gasteiger charge is -2.24. The van der Waals surface area contributed by atoms with Gasteiger partial charge in [0.25, 0.3) is 0 Å². The van der Waals surface area contributed by atoms with Gasteiger partial charge in [-0.05, 0) is 30.4 Å². The summed E-state index contributed by atoms with van der Waals surface area (Å²) < 4.78 is 0. The molecule has 0 aromatic heterocycles. The van der Waals surface area contributed by atoms with E-state index < -0.39 is 11.9 Å². The molecule has 104 valence electrons. The summed E-state index contributed by atoms with van der Waals surface area (Å²) in [7, 11) is 0. The van der Waals surface area contributed by atoms with E-state index in [-0.39, 0.29) is 5.92 Å². The zero-order chi connectivity index (χ0) is 13.8.